The van der Waals surface area contributed by atoms with Gasteiger partial charge in [-0.15, -0.1) is 0 Å². The summed E-state index contributed by atoms with van der Waals surface area (Å²) in [5, 5.41) is 4.19. The van der Waals surface area contributed by atoms with E-state index in [1.165, 1.54) is 6.07 Å². The van der Waals surface area contributed by atoms with Crippen LogP contribution in [0.1, 0.15) is 0 Å². The van der Waals surface area contributed by atoms with Crippen molar-refractivity contribution in [3.8, 4) is 0 Å². The van der Waals surface area contributed by atoms with Crippen LogP contribution in [0.5, 0.6) is 0 Å². The number of benzene rings is 2. The van der Waals surface area contributed by atoms with Gasteiger partial charge in [-0.25, -0.2) is 0 Å². The van der Waals surface area contributed by atoms with Gasteiger partial charge in [-0.1, -0.05) is 29.8 Å². The number of nitrogens with one attached hydrogen (secondary N) is 1. The van der Waals surface area contributed by atoms with E-state index in [0.29, 0.717) is 15.9 Å². The minimum Gasteiger partial charge on any atom is -0.361 e. The number of hydrogen-bond acceptors (Lipinski definition) is 2. The Labute approximate surface area is 118 Å². The lowest BCUT2D eigenvalue weighted by Gasteiger charge is -2.07. The van der Waals surface area contributed by atoms with E-state index in [4.69, 9.17) is 11.6 Å². The molecule has 4 heteroatoms. The van der Waals surface area contributed by atoms with E-state index in [0.717, 1.165) is 21.7 Å². The second kappa shape index (κ2) is 4.05. The number of halogens is 1. The molecule has 2 aromatic heterocycles. The van der Waals surface area contributed by atoms with Gasteiger partial charge in [0.15, 0.2) is 5.43 Å². The van der Waals surface area contributed by atoms with Crippen LogP contribution < -0.4 is 5.43 Å². The number of rotatable bonds is 0. The summed E-state index contributed by atoms with van der Waals surface area (Å²) in [7, 11) is 0. The number of H-pyrrole nitrogens is 1. The van der Waals surface area contributed by atoms with Crippen molar-refractivity contribution in [2.45, 2.75) is 0 Å². The second-order valence-corrected chi connectivity index (χ2v) is 5.09. The standard InChI is InChI=1S/C16H9ClN2O/c17-12-5-7-18-15-10(12)3-1-9-2-4-11-13(20)6-8-19-16(11)14(9)15/h1-8,18H. The summed E-state index contributed by atoms with van der Waals surface area (Å²) in [4.78, 5) is 19.6. The molecule has 0 unspecified atom stereocenters. The summed E-state index contributed by atoms with van der Waals surface area (Å²) in [5.74, 6) is 0. The van der Waals surface area contributed by atoms with Crippen LogP contribution >= 0.6 is 11.6 Å². The molecule has 0 fully saturated rings. The molecule has 0 bridgehead atoms. The molecule has 1 N–H and O–H groups in total. The zero-order valence-corrected chi connectivity index (χ0v) is 11.1. The average Bonchev–Trinajstić information content (AvgIpc) is 2.47. The minimum atomic E-state index is -0.0177. The molecule has 4 aromatic rings. The third kappa shape index (κ3) is 1.47. The van der Waals surface area contributed by atoms with Gasteiger partial charge in [-0.05, 0) is 17.5 Å². The SMILES string of the molecule is O=c1ccnc2c1ccc1ccc3c(Cl)cc[nH]c3c12. The van der Waals surface area contributed by atoms with E-state index < -0.39 is 0 Å². The van der Waals surface area contributed by atoms with Crippen molar-refractivity contribution in [3.63, 3.8) is 0 Å². The first-order valence-corrected chi connectivity index (χ1v) is 6.61. The van der Waals surface area contributed by atoms with Crippen LogP contribution in [0.4, 0.5) is 0 Å². The van der Waals surface area contributed by atoms with Crippen LogP contribution in [-0.4, -0.2) is 9.97 Å². The smallest absolute Gasteiger partial charge is 0.189 e. The Morgan fingerprint density at radius 3 is 2.65 bits per heavy atom. The highest BCUT2D eigenvalue weighted by atomic mass is 35.5. The summed E-state index contributed by atoms with van der Waals surface area (Å²) in [5.41, 5.74) is 1.59. The predicted octanol–water partition coefficient (Wildman–Crippen LogP) is 3.88. The van der Waals surface area contributed by atoms with Gasteiger partial charge in [0.1, 0.15) is 0 Å². The minimum absolute atomic E-state index is 0.0177. The largest absolute Gasteiger partial charge is 0.361 e. The second-order valence-electron chi connectivity index (χ2n) is 4.68. The number of nitrogens with zero attached hydrogens (tertiary/aromatic N) is 1. The lowest BCUT2D eigenvalue weighted by molar-refractivity contribution is 1.39. The molecule has 2 aromatic carbocycles. The van der Waals surface area contributed by atoms with Crippen LogP contribution in [0.15, 0.2) is 53.6 Å². The highest BCUT2D eigenvalue weighted by Gasteiger charge is 2.09. The van der Waals surface area contributed by atoms with E-state index in [1.54, 1.807) is 12.4 Å². The van der Waals surface area contributed by atoms with Gasteiger partial charge >= 0.3 is 0 Å². The number of pyridine rings is 2. The molecule has 96 valence electrons. The third-order valence-electron chi connectivity index (χ3n) is 3.57. The Bertz CT molecular complexity index is 1040. The summed E-state index contributed by atoms with van der Waals surface area (Å²) >= 11 is 6.24. The first-order valence-electron chi connectivity index (χ1n) is 6.23. The highest BCUT2D eigenvalue weighted by molar-refractivity contribution is 6.36. The quantitative estimate of drug-likeness (QED) is 0.497. The fourth-order valence-corrected chi connectivity index (χ4v) is 2.86. The van der Waals surface area contributed by atoms with Crippen molar-refractivity contribution in [1.82, 2.24) is 9.97 Å². The van der Waals surface area contributed by atoms with Gasteiger partial charge in [0, 0.05) is 34.6 Å². The Hall–Kier alpha value is -2.39. The molecule has 20 heavy (non-hydrogen) atoms. The molecule has 4 rings (SSSR count). The van der Waals surface area contributed by atoms with E-state index >= 15 is 0 Å². The Morgan fingerprint density at radius 1 is 1.00 bits per heavy atom. The first-order chi connectivity index (χ1) is 9.75. The van der Waals surface area contributed by atoms with E-state index in [2.05, 4.69) is 9.97 Å². The van der Waals surface area contributed by atoms with Gasteiger partial charge < -0.3 is 4.98 Å². The van der Waals surface area contributed by atoms with Crippen molar-refractivity contribution in [2.75, 3.05) is 0 Å². The Morgan fingerprint density at radius 2 is 1.80 bits per heavy atom. The lowest BCUT2D eigenvalue weighted by atomic mass is 10.0. The monoisotopic (exact) mass is 280 g/mol. The molecular weight excluding hydrogens is 272 g/mol. The van der Waals surface area contributed by atoms with Gasteiger partial charge in [0.2, 0.25) is 0 Å². The van der Waals surface area contributed by atoms with Crippen molar-refractivity contribution in [3.05, 3.63) is 64.0 Å². The molecule has 2 heterocycles. The average molecular weight is 281 g/mol. The van der Waals surface area contributed by atoms with Crippen molar-refractivity contribution < 1.29 is 0 Å². The van der Waals surface area contributed by atoms with Crippen molar-refractivity contribution in [2.24, 2.45) is 0 Å². The Kier molecular flexibility index (Phi) is 2.32. The number of aromatic nitrogens is 2. The van der Waals surface area contributed by atoms with Crippen LogP contribution in [0.25, 0.3) is 32.6 Å². The maximum Gasteiger partial charge on any atom is 0.189 e. The predicted molar refractivity (Wildman–Crippen MR) is 82.4 cm³/mol. The van der Waals surface area contributed by atoms with E-state index in [9.17, 15) is 4.79 Å². The summed E-state index contributed by atoms with van der Waals surface area (Å²) < 4.78 is 0. The molecule has 0 aliphatic rings. The highest BCUT2D eigenvalue weighted by Crippen LogP contribution is 2.31. The fourth-order valence-electron chi connectivity index (χ4n) is 2.64. The lowest BCUT2D eigenvalue weighted by Crippen LogP contribution is -2.00. The van der Waals surface area contributed by atoms with Crippen LogP contribution in [-0.2, 0) is 0 Å². The molecule has 0 spiro atoms. The molecule has 0 aliphatic heterocycles. The van der Waals surface area contributed by atoms with Gasteiger partial charge in [-0.2, -0.15) is 0 Å². The summed E-state index contributed by atoms with van der Waals surface area (Å²) in [6, 6.07) is 11.0. The van der Waals surface area contributed by atoms with Crippen LogP contribution in [0, 0.1) is 0 Å². The molecule has 0 radical (unpaired) electrons. The first kappa shape index (κ1) is 11.4. The molecule has 3 nitrogen and oxygen atoms in total. The molecule has 0 aliphatic carbocycles. The zero-order valence-electron chi connectivity index (χ0n) is 10.4. The van der Waals surface area contributed by atoms with Crippen LogP contribution in [0.2, 0.25) is 5.02 Å². The Balaban J connectivity index is 2.40. The maximum absolute atomic E-state index is 11.9. The summed E-state index contributed by atoms with van der Waals surface area (Å²) in [6.07, 6.45) is 3.34. The third-order valence-corrected chi connectivity index (χ3v) is 3.90. The summed E-state index contributed by atoms with van der Waals surface area (Å²) in [6.45, 7) is 0. The van der Waals surface area contributed by atoms with E-state index in [-0.39, 0.29) is 5.43 Å². The van der Waals surface area contributed by atoms with Crippen molar-refractivity contribution in [1.29, 1.82) is 0 Å². The zero-order chi connectivity index (χ0) is 13.7. The van der Waals surface area contributed by atoms with E-state index in [1.807, 2.05) is 30.3 Å². The number of fused-ring (bicyclic) bond motifs is 5. The fraction of sp³-hybridized carbons (Fsp3) is 0. The van der Waals surface area contributed by atoms with Gasteiger partial charge in [0.05, 0.1) is 16.1 Å². The molecular formula is C16H9ClN2O. The maximum atomic E-state index is 11.9. The molecule has 0 atom stereocenters. The number of hydrogen-bond donors (Lipinski definition) is 1. The number of aromatic amines is 1. The molecule has 0 saturated carbocycles. The van der Waals surface area contributed by atoms with Gasteiger partial charge in [-0.3, -0.25) is 9.78 Å². The topological polar surface area (TPSA) is 45.8 Å². The molecule has 0 amide bonds. The molecule has 0 saturated heterocycles. The van der Waals surface area contributed by atoms with Crippen molar-refractivity contribution >= 4 is 44.2 Å². The van der Waals surface area contributed by atoms with Crippen LogP contribution in [0.3, 0.4) is 0 Å². The normalized spacial score (nSPS) is 11.4. The van der Waals surface area contributed by atoms with Gasteiger partial charge in [0.25, 0.3) is 0 Å².